The van der Waals surface area contributed by atoms with Crippen molar-refractivity contribution in [1.29, 1.82) is 0 Å². The van der Waals surface area contributed by atoms with Gasteiger partial charge in [-0.25, -0.2) is 9.78 Å². The summed E-state index contributed by atoms with van der Waals surface area (Å²) in [6.45, 7) is -0.0252. The van der Waals surface area contributed by atoms with Gasteiger partial charge in [0.2, 0.25) is 5.91 Å². The summed E-state index contributed by atoms with van der Waals surface area (Å²) in [5.74, 6) is -0.188. The van der Waals surface area contributed by atoms with E-state index in [1.54, 1.807) is 7.05 Å². The number of nitrogens with one attached hydrogen (secondary N) is 1. The molecule has 0 saturated carbocycles. The maximum atomic E-state index is 12.6. The molecule has 1 aromatic carbocycles. The van der Waals surface area contributed by atoms with Gasteiger partial charge in [0.05, 0.1) is 12.4 Å². The molecule has 0 radical (unpaired) electrons. The zero-order valence-corrected chi connectivity index (χ0v) is 15.3. The molecule has 1 N–H and O–H groups in total. The third-order valence-corrected chi connectivity index (χ3v) is 5.24. The first kappa shape index (κ1) is 17.3. The van der Waals surface area contributed by atoms with Crippen molar-refractivity contribution < 1.29 is 4.79 Å². The average Bonchev–Trinajstić information content (AvgIpc) is 3.08. The smallest absolute Gasteiger partial charge is 0.332 e. The Morgan fingerprint density at radius 2 is 2.00 bits per heavy atom. The fraction of sp³-hybridized carbons (Fsp3) is 0.368. The number of carbonyl (C=O) groups excluding carboxylic acids is 1. The molecule has 140 valence electrons. The van der Waals surface area contributed by atoms with E-state index >= 15 is 0 Å². The SMILES string of the molecule is Cn1c(=O)c2c(ncn2CC(=O)N[C@H]2CCCc3ccccc32)n(C)c1=O. The Kier molecular flexibility index (Phi) is 4.18. The van der Waals surface area contributed by atoms with E-state index in [9.17, 15) is 14.4 Å². The third-order valence-electron chi connectivity index (χ3n) is 5.24. The van der Waals surface area contributed by atoms with Crippen LogP contribution in [0.4, 0.5) is 0 Å². The number of aromatic nitrogens is 4. The highest BCUT2D eigenvalue weighted by molar-refractivity contribution is 5.79. The number of nitrogens with zero attached hydrogens (tertiary/aromatic N) is 4. The second-order valence-corrected chi connectivity index (χ2v) is 6.96. The summed E-state index contributed by atoms with van der Waals surface area (Å²) in [6, 6.07) is 8.13. The van der Waals surface area contributed by atoms with Gasteiger partial charge in [-0.15, -0.1) is 0 Å². The molecule has 8 nitrogen and oxygen atoms in total. The number of aryl methyl sites for hydroxylation is 2. The number of amides is 1. The van der Waals surface area contributed by atoms with E-state index < -0.39 is 11.2 Å². The lowest BCUT2D eigenvalue weighted by molar-refractivity contribution is -0.122. The quantitative estimate of drug-likeness (QED) is 0.735. The molecular weight excluding hydrogens is 346 g/mol. The van der Waals surface area contributed by atoms with Crippen LogP contribution in [0.25, 0.3) is 11.2 Å². The van der Waals surface area contributed by atoms with Crippen LogP contribution in [-0.2, 0) is 31.9 Å². The Morgan fingerprint density at radius 3 is 2.81 bits per heavy atom. The molecule has 0 bridgehead atoms. The van der Waals surface area contributed by atoms with E-state index in [2.05, 4.69) is 22.4 Å². The predicted octanol–water partition coefficient (Wildman–Crippen LogP) is 0.627. The van der Waals surface area contributed by atoms with Crippen LogP contribution in [0.3, 0.4) is 0 Å². The lowest BCUT2D eigenvalue weighted by Crippen LogP contribution is -2.38. The predicted molar refractivity (Wildman–Crippen MR) is 100 cm³/mol. The Hall–Kier alpha value is -3.16. The highest BCUT2D eigenvalue weighted by Crippen LogP contribution is 2.29. The van der Waals surface area contributed by atoms with Crippen molar-refractivity contribution >= 4 is 17.1 Å². The normalized spacial score (nSPS) is 16.3. The molecule has 1 amide bonds. The lowest BCUT2D eigenvalue weighted by atomic mass is 9.88. The number of hydrogen-bond donors (Lipinski definition) is 1. The van der Waals surface area contributed by atoms with Crippen molar-refractivity contribution in [1.82, 2.24) is 24.0 Å². The molecule has 0 aliphatic heterocycles. The molecule has 3 aromatic rings. The van der Waals surface area contributed by atoms with Gasteiger partial charge in [0.1, 0.15) is 6.54 Å². The first-order chi connectivity index (χ1) is 13.0. The summed E-state index contributed by atoms with van der Waals surface area (Å²) in [4.78, 5) is 41.3. The molecule has 1 aliphatic rings. The van der Waals surface area contributed by atoms with Crippen LogP contribution in [0.15, 0.2) is 40.2 Å². The van der Waals surface area contributed by atoms with Gasteiger partial charge in [0, 0.05) is 14.1 Å². The van der Waals surface area contributed by atoms with Crippen LogP contribution in [0, 0.1) is 0 Å². The largest absolute Gasteiger partial charge is 0.348 e. The van der Waals surface area contributed by atoms with E-state index in [-0.39, 0.29) is 29.7 Å². The van der Waals surface area contributed by atoms with E-state index in [4.69, 9.17) is 0 Å². The molecule has 4 rings (SSSR count). The van der Waals surface area contributed by atoms with Crippen LogP contribution >= 0.6 is 0 Å². The Morgan fingerprint density at radius 1 is 1.22 bits per heavy atom. The van der Waals surface area contributed by atoms with Crippen LogP contribution in [-0.4, -0.2) is 24.6 Å². The molecule has 0 fully saturated rings. The minimum atomic E-state index is -0.457. The second-order valence-electron chi connectivity index (χ2n) is 6.96. The molecule has 27 heavy (non-hydrogen) atoms. The van der Waals surface area contributed by atoms with Gasteiger partial charge < -0.3 is 9.88 Å². The lowest BCUT2D eigenvalue weighted by Gasteiger charge is -2.26. The molecule has 8 heteroatoms. The van der Waals surface area contributed by atoms with E-state index in [1.165, 1.54) is 28.1 Å². The van der Waals surface area contributed by atoms with Gasteiger partial charge in [0.25, 0.3) is 5.56 Å². The molecule has 0 unspecified atom stereocenters. The number of benzene rings is 1. The van der Waals surface area contributed by atoms with E-state index in [0.29, 0.717) is 0 Å². The molecule has 1 atom stereocenters. The van der Waals surface area contributed by atoms with Crippen molar-refractivity contribution in [3.63, 3.8) is 0 Å². The number of imidazole rings is 1. The molecule has 1 aliphatic carbocycles. The van der Waals surface area contributed by atoms with Gasteiger partial charge in [-0.2, -0.15) is 0 Å². The molecule has 2 heterocycles. The Balaban J connectivity index is 1.62. The zero-order valence-electron chi connectivity index (χ0n) is 15.3. The molecule has 0 spiro atoms. The minimum absolute atomic E-state index is 0.0237. The fourth-order valence-corrected chi connectivity index (χ4v) is 3.82. The summed E-state index contributed by atoms with van der Waals surface area (Å²) < 4.78 is 3.83. The van der Waals surface area contributed by atoms with Crippen LogP contribution in [0.2, 0.25) is 0 Å². The number of fused-ring (bicyclic) bond motifs is 2. The molecule has 2 aromatic heterocycles. The standard InChI is InChI=1S/C19H21N5O3/c1-22-17-16(18(26)23(2)19(22)27)24(11-20-17)10-15(25)21-14-9-5-7-12-6-3-4-8-13(12)14/h3-4,6,8,11,14H,5,7,9-10H2,1-2H3,(H,21,25)/t14-/m0/s1. The highest BCUT2D eigenvalue weighted by atomic mass is 16.2. The Bertz CT molecular complexity index is 1150. The first-order valence-corrected chi connectivity index (χ1v) is 8.95. The fourth-order valence-electron chi connectivity index (χ4n) is 3.82. The first-order valence-electron chi connectivity index (χ1n) is 8.95. The van der Waals surface area contributed by atoms with Gasteiger partial charge in [0.15, 0.2) is 11.2 Å². The maximum absolute atomic E-state index is 12.6. The summed E-state index contributed by atoms with van der Waals surface area (Å²) in [5, 5.41) is 3.07. The monoisotopic (exact) mass is 367 g/mol. The zero-order chi connectivity index (χ0) is 19.1. The van der Waals surface area contributed by atoms with Gasteiger partial charge in [-0.05, 0) is 30.4 Å². The van der Waals surface area contributed by atoms with Crippen molar-refractivity contribution in [2.45, 2.75) is 31.8 Å². The third kappa shape index (κ3) is 2.87. The van der Waals surface area contributed by atoms with Gasteiger partial charge in [-0.1, -0.05) is 24.3 Å². The van der Waals surface area contributed by atoms with Crippen molar-refractivity contribution in [3.8, 4) is 0 Å². The Labute approximate surface area is 155 Å². The summed E-state index contributed by atoms with van der Waals surface area (Å²) in [6.07, 6.45) is 4.38. The minimum Gasteiger partial charge on any atom is -0.348 e. The average molecular weight is 367 g/mol. The number of hydrogen-bond acceptors (Lipinski definition) is 4. The number of carbonyl (C=O) groups is 1. The molecule has 0 saturated heterocycles. The van der Waals surface area contributed by atoms with Crippen molar-refractivity contribution in [3.05, 3.63) is 62.6 Å². The summed E-state index contributed by atoms with van der Waals surface area (Å²) >= 11 is 0. The topological polar surface area (TPSA) is 90.9 Å². The van der Waals surface area contributed by atoms with Gasteiger partial charge >= 0.3 is 5.69 Å². The van der Waals surface area contributed by atoms with E-state index in [1.807, 2.05) is 12.1 Å². The second kappa shape index (κ2) is 6.53. The van der Waals surface area contributed by atoms with Crippen molar-refractivity contribution in [2.75, 3.05) is 0 Å². The van der Waals surface area contributed by atoms with Crippen LogP contribution < -0.4 is 16.6 Å². The van der Waals surface area contributed by atoms with Gasteiger partial charge in [-0.3, -0.25) is 18.7 Å². The van der Waals surface area contributed by atoms with E-state index in [0.717, 1.165) is 29.4 Å². The van der Waals surface area contributed by atoms with Crippen LogP contribution in [0.5, 0.6) is 0 Å². The van der Waals surface area contributed by atoms with Crippen molar-refractivity contribution in [2.24, 2.45) is 14.1 Å². The highest BCUT2D eigenvalue weighted by Gasteiger charge is 2.22. The summed E-state index contributed by atoms with van der Waals surface area (Å²) in [5.41, 5.74) is 2.05. The maximum Gasteiger partial charge on any atom is 0.332 e. The van der Waals surface area contributed by atoms with Crippen LogP contribution in [0.1, 0.15) is 30.0 Å². The molecular formula is C19H21N5O3. The summed E-state index contributed by atoms with van der Waals surface area (Å²) in [7, 11) is 2.97. The number of rotatable bonds is 3.